The van der Waals surface area contributed by atoms with Crippen molar-refractivity contribution >= 4 is 5.91 Å². The summed E-state index contributed by atoms with van der Waals surface area (Å²) < 4.78 is 0. The quantitative estimate of drug-likeness (QED) is 0.714. The molecule has 0 spiro atoms. The van der Waals surface area contributed by atoms with Gasteiger partial charge in [0.1, 0.15) is 0 Å². The standard InChI is InChI=1S/C10H20N2O/c11-10(13)6-9-12-7-4-2-1-3-5-8-12/h1-9H2,(H2,11,13). The normalized spacial score (nSPS) is 20.6. The zero-order valence-electron chi connectivity index (χ0n) is 8.30. The minimum absolute atomic E-state index is 0.179. The fourth-order valence-electron chi connectivity index (χ4n) is 1.80. The molecule has 2 N–H and O–H groups in total. The minimum atomic E-state index is -0.179. The number of hydrogen-bond donors (Lipinski definition) is 1. The van der Waals surface area contributed by atoms with Crippen LogP contribution in [0, 0.1) is 0 Å². The van der Waals surface area contributed by atoms with Crippen LogP contribution in [0.3, 0.4) is 0 Å². The Morgan fingerprint density at radius 1 is 1.08 bits per heavy atom. The third kappa shape index (κ3) is 4.88. The van der Waals surface area contributed by atoms with E-state index in [0.717, 1.165) is 19.6 Å². The van der Waals surface area contributed by atoms with Crippen LogP contribution < -0.4 is 5.73 Å². The summed E-state index contributed by atoms with van der Waals surface area (Å²) in [6, 6.07) is 0. The Morgan fingerprint density at radius 2 is 1.62 bits per heavy atom. The Kier molecular flexibility index (Phi) is 4.83. The molecular weight excluding hydrogens is 164 g/mol. The second-order valence-electron chi connectivity index (χ2n) is 3.83. The number of nitrogens with two attached hydrogens (primary N) is 1. The summed E-state index contributed by atoms with van der Waals surface area (Å²) in [6.45, 7) is 3.15. The molecule has 0 aromatic rings. The first kappa shape index (κ1) is 10.5. The van der Waals surface area contributed by atoms with Crippen LogP contribution in [0.2, 0.25) is 0 Å². The van der Waals surface area contributed by atoms with E-state index < -0.39 is 0 Å². The van der Waals surface area contributed by atoms with Gasteiger partial charge in [0.15, 0.2) is 0 Å². The van der Waals surface area contributed by atoms with Crippen molar-refractivity contribution in [3.05, 3.63) is 0 Å². The molecule has 0 bridgehead atoms. The first-order valence-corrected chi connectivity index (χ1v) is 5.30. The number of carbonyl (C=O) groups excluding carboxylic acids is 1. The lowest BCUT2D eigenvalue weighted by atomic mass is 10.1. The fraction of sp³-hybridized carbons (Fsp3) is 0.900. The topological polar surface area (TPSA) is 46.3 Å². The SMILES string of the molecule is NC(=O)CCN1CCCCCCC1. The molecule has 1 rings (SSSR count). The van der Waals surface area contributed by atoms with Crippen molar-refractivity contribution in [1.29, 1.82) is 0 Å². The molecule has 1 heterocycles. The van der Waals surface area contributed by atoms with Crippen LogP contribution in [0.25, 0.3) is 0 Å². The van der Waals surface area contributed by atoms with E-state index in [2.05, 4.69) is 4.90 Å². The highest BCUT2D eigenvalue weighted by atomic mass is 16.1. The maximum absolute atomic E-state index is 10.6. The molecule has 76 valence electrons. The molecule has 3 nitrogen and oxygen atoms in total. The van der Waals surface area contributed by atoms with Crippen molar-refractivity contribution < 1.29 is 4.79 Å². The smallest absolute Gasteiger partial charge is 0.218 e. The average molecular weight is 184 g/mol. The number of hydrogen-bond acceptors (Lipinski definition) is 2. The van der Waals surface area contributed by atoms with Crippen molar-refractivity contribution in [2.24, 2.45) is 5.73 Å². The van der Waals surface area contributed by atoms with Crippen molar-refractivity contribution in [1.82, 2.24) is 4.90 Å². The summed E-state index contributed by atoms with van der Waals surface area (Å²) >= 11 is 0. The third-order valence-electron chi connectivity index (χ3n) is 2.62. The monoisotopic (exact) mass is 184 g/mol. The van der Waals surface area contributed by atoms with Crippen LogP contribution in [-0.2, 0) is 4.79 Å². The van der Waals surface area contributed by atoms with Crippen LogP contribution in [0.4, 0.5) is 0 Å². The van der Waals surface area contributed by atoms with Gasteiger partial charge in [-0.2, -0.15) is 0 Å². The lowest BCUT2D eigenvalue weighted by Gasteiger charge is -2.23. The van der Waals surface area contributed by atoms with Crippen LogP contribution in [0.15, 0.2) is 0 Å². The maximum atomic E-state index is 10.6. The Morgan fingerprint density at radius 3 is 2.15 bits per heavy atom. The van der Waals surface area contributed by atoms with Gasteiger partial charge < -0.3 is 10.6 Å². The third-order valence-corrected chi connectivity index (χ3v) is 2.62. The number of carbonyl (C=O) groups is 1. The van der Waals surface area contributed by atoms with E-state index in [9.17, 15) is 4.79 Å². The molecule has 1 amide bonds. The second-order valence-corrected chi connectivity index (χ2v) is 3.83. The number of rotatable bonds is 3. The van der Waals surface area contributed by atoms with Crippen molar-refractivity contribution in [2.45, 2.75) is 38.5 Å². The van der Waals surface area contributed by atoms with E-state index in [-0.39, 0.29) is 5.91 Å². The molecule has 13 heavy (non-hydrogen) atoms. The molecule has 1 aliphatic rings. The van der Waals surface area contributed by atoms with Gasteiger partial charge in [-0.3, -0.25) is 4.79 Å². The summed E-state index contributed by atoms with van der Waals surface area (Å²) in [7, 11) is 0. The average Bonchev–Trinajstić information content (AvgIpc) is 2.01. The van der Waals surface area contributed by atoms with Gasteiger partial charge in [-0.05, 0) is 25.9 Å². The highest BCUT2D eigenvalue weighted by Gasteiger charge is 2.08. The van der Waals surface area contributed by atoms with Crippen LogP contribution >= 0.6 is 0 Å². The van der Waals surface area contributed by atoms with Gasteiger partial charge in [-0.1, -0.05) is 19.3 Å². The molecule has 0 atom stereocenters. The molecule has 0 unspecified atom stereocenters. The largest absolute Gasteiger partial charge is 0.370 e. The Labute approximate surface area is 80.3 Å². The fourth-order valence-corrected chi connectivity index (χ4v) is 1.80. The second kappa shape index (κ2) is 5.97. The molecule has 0 aromatic heterocycles. The van der Waals surface area contributed by atoms with Gasteiger partial charge in [-0.25, -0.2) is 0 Å². The van der Waals surface area contributed by atoms with Gasteiger partial charge in [0.05, 0.1) is 0 Å². The van der Waals surface area contributed by atoms with Crippen LogP contribution in [0.1, 0.15) is 38.5 Å². The van der Waals surface area contributed by atoms with E-state index in [1.54, 1.807) is 0 Å². The summed E-state index contributed by atoms with van der Waals surface area (Å²) in [5.41, 5.74) is 5.11. The maximum Gasteiger partial charge on any atom is 0.218 e. The van der Waals surface area contributed by atoms with Crippen LogP contribution in [-0.4, -0.2) is 30.4 Å². The van der Waals surface area contributed by atoms with E-state index in [1.807, 2.05) is 0 Å². The molecule has 0 radical (unpaired) electrons. The highest BCUT2D eigenvalue weighted by molar-refractivity contribution is 5.73. The number of primary amides is 1. The molecular formula is C10H20N2O. The number of likely N-dealkylation sites (tertiary alicyclic amines) is 1. The molecule has 3 heteroatoms. The summed E-state index contributed by atoms with van der Waals surface area (Å²) in [5.74, 6) is -0.179. The molecule has 0 saturated carbocycles. The minimum Gasteiger partial charge on any atom is -0.370 e. The zero-order chi connectivity index (χ0) is 9.52. The Hall–Kier alpha value is -0.570. The predicted molar refractivity (Wildman–Crippen MR) is 53.3 cm³/mol. The molecule has 0 aromatic carbocycles. The van der Waals surface area contributed by atoms with E-state index >= 15 is 0 Å². The highest BCUT2D eigenvalue weighted by Crippen LogP contribution is 2.10. The predicted octanol–water partition coefficient (Wildman–Crippen LogP) is 1.13. The van der Waals surface area contributed by atoms with E-state index in [4.69, 9.17) is 5.73 Å². The van der Waals surface area contributed by atoms with E-state index in [1.165, 1.54) is 32.1 Å². The lowest BCUT2D eigenvalue weighted by molar-refractivity contribution is -0.118. The van der Waals surface area contributed by atoms with Gasteiger partial charge in [0, 0.05) is 13.0 Å². The molecule has 1 aliphatic heterocycles. The Balaban J connectivity index is 2.17. The lowest BCUT2D eigenvalue weighted by Crippen LogP contribution is -2.30. The van der Waals surface area contributed by atoms with E-state index in [0.29, 0.717) is 6.42 Å². The van der Waals surface area contributed by atoms with Gasteiger partial charge in [0.25, 0.3) is 0 Å². The molecule has 1 saturated heterocycles. The van der Waals surface area contributed by atoms with Gasteiger partial charge in [0.2, 0.25) is 5.91 Å². The van der Waals surface area contributed by atoms with Crippen molar-refractivity contribution in [2.75, 3.05) is 19.6 Å². The summed E-state index contributed by atoms with van der Waals surface area (Å²) in [6.07, 6.45) is 7.13. The first-order valence-electron chi connectivity index (χ1n) is 5.30. The van der Waals surface area contributed by atoms with Crippen LogP contribution in [0.5, 0.6) is 0 Å². The Bertz CT molecular complexity index is 151. The molecule has 1 fully saturated rings. The number of amides is 1. The van der Waals surface area contributed by atoms with Gasteiger partial charge in [-0.15, -0.1) is 0 Å². The van der Waals surface area contributed by atoms with Crippen molar-refractivity contribution in [3.63, 3.8) is 0 Å². The zero-order valence-corrected chi connectivity index (χ0v) is 8.30. The molecule has 0 aliphatic carbocycles. The number of nitrogens with zero attached hydrogens (tertiary/aromatic N) is 1. The summed E-state index contributed by atoms with van der Waals surface area (Å²) in [4.78, 5) is 13.0. The first-order chi connectivity index (χ1) is 6.29. The van der Waals surface area contributed by atoms with Crippen molar-refractivity contribution in [3.8, 4) is 0 Å². The van der Waals surface area contributed by atoms with Gasteiger partial charge >= 0.3 is 0 Å². The summed E-state index contributed by atoms with van der Waals surface area (Å²) in [5, 5.41) is 0.